The van der Waals surface area contributed by atoms with Gasteiger partial charge in [-0.3, -0.25) is 0 Å². The van der Waals surface area contributed by atoms with Crippen molar-refractivity contribution in [1.29, 1.82) is 0 Å². The lowest BCUT2D eigenvalue weighted by molar-refractivity contribution is 0.281. The van der Waals surface area contributed by atoms with Gasteiger partial charge in [-0.25, -0.2) is 0 Å². The minimum Gasteiger partial charge on any atom is -0.457 e. The molecule has 0 aliphatic rings. The van der Waals surface area contributed by atoms with Gasteiger partial charge < -0.3 is 9.84 Å². The second kappa shape index (κ2) is 6.03. The number of rotatable bonds is 4. The fraction of sp³-hybridized carbons (Fsp3) is 0.200. The lowest BCUT2D eigenvalue weighted by Crippen LogP contribution is -1.89. The zero-order valence-electron chi connectivity index (χ0n) is 10.2. The molecule has 0 saturated heterocycles. The SMILES string of the molecule is CCc1cccc(Oc2ccc(CO)c(Br)c2)c1. The number of benzene rings is 2. The highest BCUT2D eigenvalue weighted by molar-refractivity contribution is 9.10. The standard InChI is InChI=1S/C15H15BrO2/c1-2-11-4-3-5-13(8-11)18-14-7-6-12(10-17)15(16)9-14/h3-9,17H,2,10H2,1H3. The van der Waals surface area contributed by atoms with Gasteiger partial charge in [-0.15, -0.1) is 0 Å². The van der Waals surface area contributed by atoms with E-state index in [1.54, 1.807) is 0 Å². The van der Waals surface area contributed by atoms with Crippen LogP contribution in [-0.4, -0.2) is 5.11 Å². The Bertz CT molecular complexity index is 538. The average Bonchev–Trinajstić information content (AvgIpc) is 2.39. The van der Waals surface area contributed by atoms with Crippen LogP contribution in [0.2, 0.25) is 0 Å². The van der Waals surface area contributed by atoms with E-state index >= 15 is 0 Å². The molecule has 0 spiro atoms. The Morgan fingerprint density at radius 3 is 2.56 bits per heavy atom. The fourth-order valence-electron chi connectivity index (χ4n) is 1.68. The molecule has 3 heteroatoms. The first-order valence-electron chi connectivity index (χ1n) is 5.89. The molecule has 0 unspecified atom stereocenters. The maximum absolute atomic E-state index is 9.10. The maximum Gasteiger partial charge on any atom is 0.128 e. The number of halogens is 1. The van der Waals surface area contributed by atoms with Crippen molar-refractivity contribution in [1.82, 2.24) is 0 Å². The van der Waals surface area contributed by atoms with Crippen molar-refractivity contribution in [2.24, 2.45) is 0 Å². The van der Waals surface area contributed by atoms with Crippen molar-refractivity contribution >= 4 is 15.9 Å². The van der Waals surface area contributed by atoms with Gasteiger partial charge in [0.05, 0.1) is 6.61 Å². The highest BCUT2D eigenvalue weighted by atomic mass is 79.9. The Morgan fingerprint density at radius 2 is 1.89 bits per heavy atom. The zero-order chi connectivity index (χ0) is 13.0. The van der Waals surface area contributed by atoms with Crippen LogP contribution in [0.1, 0.15) is 18.1 Å². The van der Waals surface area contributed by atoms with E-state index in [1.807, 2.05) is 36.4 Å². The molecule has 18 heavy (non-hydrogen) atoms. The molecule has 2 nitrogen and oxygen atoms in total. The van der Waals surface area contributed by atoms with Crippen LogP contribution in [0.25, 0.3) is 0 Å². The first-order chi connectivity index (χ1) is 8.72. The van der Waals surface area contributed by atoms with Crippen LogP contribution >= 0.6 is 15.9 Å². The van der Waals surface area contributed by atoms with E-state index in [0.29, 0.717) is 0 Å². The van der Waals surface area contributed by atoms with Crippen molar-refractivity contribution in [3.63, 3.8) is 0 Å². The third-order valence-corrected chi connectivity index (χ3v) is 3.48. The zero-order valence-corrected chi connectivity index (χ0v) is 11.8. The smallest absolute Gasteiger partial charge is 0.128 e. The number of aliphatic hydroxyl groups is 1. The molecule has 0 heterocycles. The van der Waals surface area contributed by atoms with Gasteiger partial charge in [0.2, 0.25) is 0 Å². The Hall–Kier alpha value is -1.32. The summed E-state index contributed by atoms with van der Waals surface area (Å²) in [7, 11) is 0. The van der Waals surface area contributed by atoms with Gasteiger partial charge >= 0.3 is 0 Å². The van der Waals surface area contributed by atoms with Crippen molar-refractivity contribution in [2.45, 2.75) is 20.0 Å². The van der Waals surface area contributed by atoms with E-state index in [-0.39, 0.29) is 6.61 Å². The lowest BCUT2D eigenvalue weighted by Gasteiger charge is -2.09. The molecule has 0 bridgehead atoms. The number of ether oxygens (including phenoxy) is 1. The molecule has 0 radical (unpaired) electrons. The summed E-state index contributed by atoms with van der Waals surface area (Å²) in [5.41, 5.74) is 2.10. The number of hydrogen-bond acceptors (Lipinski definition) is 2. The average molecular weight is 307 g/mol. The molecule has 0 atom stereocenters. The van der Waals surface area contributed by atoms with Gasteiger partial charge in [0, 0.05) is 4.47 Å². The molecule has 1 N–H and O–H groups in total. The second-order valence-corrected chi connectivity index (χ2v) is 4.87. The molecule has 2 aromatic carbocycles. The summed E-state index contributed by atoms with van der Waals surface area (Å²) in [5.74, 6) is 1.59. The third kappa shape index (κ3) is 3.12. The highest BCUT2D eigenvalue weighted by Crippen LogP contribution is 2.27. The molecule has 0 amide bonds. The van der Waals surface area contributed by atoms with Gasteiger partial charge in [0.25, 0.3) is 0 Å². The lowest BCUT2D eigenvalue weighted by atomic mass is 10.2. The predicted octanol–water partition coefficient (Wildman–Crippen LogP) is 4.30. The Labute approximate surface area is 115 Å². The summed E-state index contributed by atoms with van der Waals surface area (Å²) in [6.07, 6.45) is 0.990. The molecule has 2 aromatic rings. The summed E-state index contributed by atoms with van der Waals surface area (Å²) in [6, 6.07) is 13.6. The van der Waals surface area contributed by atoms with Crippen LogP contribution in [0.3, 0.4) is 0 Å². The molecule has 0 aromatic heterocycles. The topological polar surface area (TPSA) is 29.5 Å². The molecule has 0 fully saturated rings. The van der Waals surface area contributed by atoms with Gasteiger partial charge in [-0.1, -0.05) is 41.1 Å². The van der Waals surface area contributed by atoms with Crippen LogP contribution in [0.15, 0.2) is 46.9 Å². The first kappa shape index (κ1) is 13.1. The highest BCUT2D eigenvalue weighted by Gasteiger charge is 2.03. The molecule has 2 rings (SSSR count). The Kier molecular flexibility index (Phi) is 4.39. The van der Waals surface area contributed by atoms with E-state index in [4.69, 9.17) is 9.84 Å². The van der Waals surface area contributed by atoms with Gasteiger partial charge in [-0.05, 0) is 41.8 Å². The predicted molar refractivity (Wildman–Crippen MR) is 76.0 cm³/mol. The maximum atomic E-state index is 9.10. The van der Waals surface area contributed by atoms with Crippen molar-refractivity contribution in [2.75, 3.05) is 0 Å². The van der Waals surface area contributed by atoms with Crippen molar-refractivity contribution < 1.29 is 9.84 Å². The monoisotopic (exact) mass is 306 g/mol. The summed E-state index contributed by atoms with van der Waals surface area (Å²) >= 11 is 3.41. The Balaban J connectivity index is 2.20. The largest absolute Gasteiger partial charge is 0.457 e. The fourth-order valence-corrected chi connectivity index (χ4v) is 2.17. The molecule has 0 aliphatic carbocycles. The van der Waals surface area contributed by atoms with Crippen LogP contribution in [0, 0.1) is 0 Å². The van der Waals surface area contributed by atoms with Gasteiger partial charge in [0.15, 0.2) is 0 Å². The molecule has 94 valence electrons. The van der Waals surface area contributed by atoms with E-state index in [9.17, 15) is 0 Å². The molecule has 0 aliphatic heterocycles. The van der Waals surface area contributed by atoms with Crippen LogP contribution in [0.4, 0.5) is 0 Å². The summed E-state index contributed by atoms with van der Waals surface area (Å²) in [4.78, 5) is 0. The number of aryl methyl sites for hydroxylation is 1. The molecular weight excluding hydrogens is 292 g/mol. The number of aliphatic hydroxyl groups excluding tert-OH is 1. The first-order valence-corrected chi connectivity index (χ1v) is 6.68. The summed E-state index contributed by atoms with van der Waals surface area (Å²) in [6.45, 7) is 2.14. The van der Waals surface area contributed by atoms with Crippen molar-refractivity contribution in [3.8, 4) is 11.5 Å². The van der Waals surface area contributed by atoms with Gasteiger partial charge in [-0.2, -0.15) is 0 Å². The third-order valence-electron chi connectivity index (χ3n) is 2.74. The minimum absolute atomic E-state index is 0.0200. The number of hydrogen-bond donors (Lipinski definition) is 1. The van der Waals surface area contributed by atoms with E-state index in [2.05, 4.69) is 28.9 Å². The second-order valence-electron chi connectivity index (χ2n) is 4.01. The van der Waals surface area contributed by atoms with E-state index in [0.717, 1.165) is 28.0 Å². The van der Waals surface area contributed by atoms with Crippen LogP contribution < -0.4 is 4.74 Å². The minimum atomic E-state index is 0.0200. The van der Waals surface area contributed by atoms with Crippen molar-refractivity contribution in [3.05, 3.63) is 58.1 Å². The van der Waals surface area contributed by atoms with Crippen LogP contribution in [0.5, 0.6) is 11.5 Å². The van der Waals surface area contributed by atoms with Crippen LogP contribution in [-0.2, 0) is 13.0 Å². The van der Waals surface area contributed by atoms with E-state index < -0.39 is 0 Å². The summed E-state index contributed by atoms with van der Waals surface area (Å²) < 4.78 is 6.65. The Morgan fingerprint density at radius 1 is 1.11 bits per heavy atom. The molecular formula is C15H15BrO2. The van der Waals surface area contributed by atoms with E-state index in [1.165, 1.54) is 5.56 Å². The molecule has 0 saturated carbocycles. The quantitative estimate of drug-likeness (QED) is 0.912. The normalized spacial score (nSPS) is 10.4. The van der Waals surface area contributed by atoms with Gasteiger partial charge in [0.1, 0.15) is 11.5 Å². The summed E-state index contributed by atoms with van der Waals surface area (Å²) in [5, 5.41) is 9.10.